The summed E-state index contributed by atoms with van der Waals surface area (Å²) in [6.07, 6.45) is 7.50. The number of aliphatic hydroxyl groups is 1. The smallest absolute Gasteiger partial charge is 0.120 e. The predicted molar refractivity (Wildman–Crippen MR) is 133 cm³/mol. The highest BCUT2D eigenvalue weighted by Crippen LogP contribution is 2.61. The zero-order valence-corrected chi connectivity index (χ0v) is 19.6. The second-order valence-electron chi connectivity index (χ2n) is 10.9. The second-order valence-corrected chi connectivity index (χ2v) is 10.9. The van der Waals surface area contributed by atoms with Crippen LogP contribution < -0.4 is 5.32 Å². The molecule has 3 aliphatic carbocycles. The van der Waals surface area contributed by atoms with Gasteiger partial charge in [0.05, 0.1) is 6.61 Å². The van der Waals surface area contributed by atoms with Crippen molar-refractivity contribution in [3.05, 3.63) is 76.9 Å². The summed E-state index contributed by atoms with van der Waals surface area (Å²) in [5.74, 6) is 2.62. The minimum atomic E-state index is 0.141. The van der Waals surface area contributed by atoms with Crippen molar-refractivity contribution in [1.82, 2.24) is 5.32 Å². The Morgan fingerprint density at radius 1 is 1.00 bits per heavy atom. The van der Waals surface area contributed by atoms with Crippen molar-refractivity contribution in [2.24, 2.45) is 17.3 Å². The third kappa shape index (κ3) is 3.40. The van der Waals surface area contributed by atoms with Crippen LogP contribution in [0.3, 0.4) is 0 Å². The number of aryl methyl sites for hydroxylation is 1. The third-order valence-corrected chi connectivity index (χ3v) is 9.51. The first-order valence-electron chi connectivity index (χ1n) is 12.7. The van der Waals surface area contributed by atoms with Gasteiger partial charge in [0.25, 0.3) is 0 Å². The van der Waals surface area contributed by atoms with Crippen molar-refractivity contribution < 1.29 is 10.2 Å². The number of hydrogen-bond donors (Lipinski definition) is 3. The molecule has 0 radical (unpaired) electrons. The van der Waals surface area contributed by atoms with E-state index in [4.69, 9.17) is 0 Å². The third-order valence-electron chi connectivity index (χ3n) is 9.51. The lowest BCUT2D eigenvalue weighted by molar-refractivity contribution is 0.0408. The number of benzene rings is 3. The molecule has 33 heavy (non-hydrogen) atoms. The molecule has 3 aromatic carbocycles. The van der Waals surface area contributed by atoms with Crippen LogP contribution in [0.5, 0.6) is 5.75 Å². The number of aliphatic hydroxyl groups excluding tert-OH is 1. The summed E-state index contributed by atoms with van der Waals surface area (Å²) in [5.41, 5.74) is 5.44. The Balaban J connectivity index is 1.22. The highest BCUT2D eigenvalue weighted by atomic mass is 16.3. The van der Waals surface area contributed by atoms with Crippen LogP contribution in [0.2, 0.25) is 0 Å². The van der Waals surface area contributed by atoms with E-state index < -0.39 is 0 Å². The summed E-state index contributed by atoms with van der Waals surface area (Å²) in [7, 11) is 0. The first kappa shape index (κ1) is 21.2. The van der Waals surface area contributed by atoms with Crippen LogP contribution in [-0.4, -0.2) is 16.3 Å². The molecule has 3 heteroatoms. The van der Waals surface area contributed by atoms with E-state index in [2.05, 4.69) is 54.7 Å². The Morgan fingerprint density at radius 2 is 1.88 bits per heavy atom. The molecule has 0 aliphatic heterocycles. The molecule has 172 valence electrons. The summed E-state index contributed by atoms with van der Waals surface area (Å²) in [6, 6.07) is 19.4. The van der Waals surface area contributed by atoms with E-state index in [1.807, 2.05) is 12.1 Å². The Labute approximate surface area is 196 Å². The minimum absolute atomic E-state index is 0.141. The Morgan fingerprint density at radius 3 is 2.76 bits per heavy atom. The van der Waals surface area contributed by atoms with Crippen molar-refractivity contribution in [2.45, 2.75) is 70.6 Å². The van der Waals surface area contributed by atoms with Gasteiger partial charge >= 0.3 is 0 Å². The fraction of sp³-hybridized carbons (Fsp3) is 0.467. The van der Waals surface area contributed by atoms with Gasteiger partial charge in [-0.1, -0.05) is 55.5 Å². The lowest BCUT2D eigenvalue weighted by atomic mass is 9.55. The van der Waals surface area contributed by atoms with Gasteiger partial charge < -0.3 is 15.5 Å². The van der Waals surface area contributed by atoms with Gasteiger partial charge in [0.15, 0.2) is 0 Å². The lowest BCUT2D eigenvalue weighted by Gasteiger charge is -2.51. The van der Waals surface area contributed by atoms with E-state index >= 15 is 0 Å². The summed E-state index contributed by atoms with van der Waals surface area (Å²) in [6.45, 7) is 3.40. The van der Waals surface area contributed by atoms with Gasteiger partial charge in [-0.3, -0.25) is 0 Å². The maximum Gasteiger partial charge on any atom is 0.120 e. The zero-order chi connectivity index (χ0) is 22.6. The molecule has 3 aliphatic rings. The van der Waals surface area contributed by atoms with E-state index in [0.29, 0.717) is 23.1 Å². The van der Waals surface area contributed by atoms with Crippen molar-refractivity contribution in [1.29, 1.82) is 0 Å². The number of nitrogens with one attached hydrogen (secondary N) is 1. The summed E-state index contributed by atoms with van der Waals surface area (Å²) in [4.78, 5) is 0. The topological polar surface area (TPSA) is 52.5 Å². The van der Waals surface area contributed by atoms with Gasteiger partial charge in [-0.15, -0.1) is 0 Å². The molecular weight excluding hydrogens is 406 g/mol. The number of phenolic OH excluding ortho intramolecular Hbond substituents is 1. The molecule has 0 saturated heterocycles. The first-order chi connectivity index (χ1) is 16.1. The van der Waals surface area contributed by atoms with Crippen LogP contribution in [-0.2, 0) is 19.6 Å². The lowest BCUT2D eigenvalue weighted by Crippen LogP contribution is -2.48. The molecule has 3 nitrogen and oxygen atoms in total. The van der Waals surface area contributed by atoms with Crippen LogP contribution in [0, 0.1) is 17.3 Å². The minimum Gasteiger partial charge on any atom is -0.508 e. The van der Waals surface area contributed by atoms with E-state index in [0.717, 1.165) is 41.3 Å². The molecule has 6 rings (SSSR count). The average molecular weight is 442 g/mol. The molecule has 0 heterocycles. The Kier molecular flexibility index (Phi) is 5.23. The Hall–Kier alpha value is -2.36. The molecule has 2 saturated carbocycles. The molecule has 0 aromatic heterocycles. The van der Waals surface area contributed by atoms with Crippen LogP contribution in [0.4, 0.5) is 0 Å². The number of hydrogen-bond acceptors (Lipinski definition) is 3. The van der Waals surface area contributed by atoms with Crippen LogP contribution in [0.15, 0.2) is 54.6 Å². The fourth-order valence-electron chi connectivity index (χ4n) is 7.80. The van der Waals surface area contributed by atoms with Gasteiger partial charge in [0.1, 0.15) is 5.75 Å². The number of phenols is 1. The van der Waals surface area contributed by atoms with Gasteiger partial charge in [-0.25, -0.2) is 0 Å². The van der Waals surface area contributed by atoms with E-state index in [9.17, 15) is 10.2 Å². The molecule has 3 unspecified atom stereocenters. The molecular formula is C30H35NO2. The van der Waals surface area contributed by atoms with Gasteiger partial charge in [-0.2, -0.15) is 0 Å². The molecule has 2 fully saturated rings. The van der Waals surface area contributed by atoms with Crippen molar-refractivity contribution in [3.8, 4) is 5.75 Å². The summed E-state index contributed by atoms with van der Waals surface area (Å²) in [5, 5.41) is 26.4. The monoisotopic (exact) mass is 441 g/mol. The summed E-state index contributed by atoms with van der Waals surface area (Å²) < 4.78 is 0. The van der Waals surface area contributed by atoms with Crippen molar-refractivity contribution in [3.63, 3.8) is 0 Å². The highest BCUT2D eigenvalue weighted by molar-refractivity contribution is 5.87. The van der Waals surface area contributed by atoms with E-state index in [1.165, 1.54) is 43.1 Å². The fourth-order valence-corrected chi connectivity index (χ4v) is 7.80. The van der Waals surface area contributed by atoms with Crippen LogP contribution in [0.1, 0.15) is 67.2 Å². The van der Waals surface area contributed by atoms with E-state index in [-0.39, 0.29) is 6.61 Å². The Bertz CT molecular complexity index is 1190. The van der Waals surface area contributed by atoms with Crippen molar-refractivity contribution in [2.75, 3.05) is 0 Å². The van der Waals surface area contributed by atoms with E-state index in [1.54, 1.807) is 5.56 Å². The number of aromatic hydroxyl groups is 1. The van der Waals surface area contributed by atoms with Gasteiger partial charge in [-0.05, 0) is 95.2 Å². The largest absolute Gasteiger partial charge is 0.508 e. The standard InChI is InChI=1S/C30H35NO2/c1-30-15-14-24-23-9-6-19(18-32)16-21(23)7-10-25(24)27(30)11-13-29(30)31-17-26-22-5-3-2-4-20(22)8-12-28(26)33/h2-6,8-9,12,16,24-25,27,29,31-33H,7,10-11,13-15,17-18H2,1H3/t24?,25?,27?,29-,30+/m1/s1. The maximum absolute atomic E-state index is 10.6. The average Bonchev–Trinajstić information content (AvgIpc) is 3.19. The molecule has 3 N–H and O–H groups in total. The van der Waals surface area contributed by atoms with Gasteiger partial charge in [0.2, 0.25) is 0 Å². The maximum atomic E-state index is 10.6. The van der Waals surface area contributed by atoms with Gasteiger partial charge in [0, 0.05) is 18.2 Å². The predicted octanol–water partition coefficient (Wildman–Crippen LogP) is 6.05. The molecule has 0 amide bonds. The zero-order valence-electron chi connectivity index (χ0n) is 19.6. The second kappa shape index (κ2) is 8.14. The first-order valence-corrected chi connectivity index (χ1v) is 12.7. The van der Waals surface area contributed by atoms with Crippen LogP contribution >= 0.6 is 0 Å². The summed E-state index contributed by atoms with van der Waals surface area (Å²) >= 11 is 0. The number of fused-ring (bicyclic) bond motifs is 6. The number of rotatable bonds is 4. The molecule has 5 atom stereocenters. The van der Waals surface area contributed by atoms with Crippen LogP contribution in [0.25, 0.3) is 10.8 Å². The SMILES string of the molecule is C[C@]12CCC3c4ccc(CO)cc4CCC3C1CC[C@H]2NCc1c(O)ccc2ccccc12. The molecule has 3 aromatic rings. The highest BCUT2D eigenvalue weighted by Gasteiger charge is 2.54. The molecule has 0 spiro atoms. The van der Waals surface area contributed by atoms with Crippen molar-refractivity contribution >= 4 is 10.8 Å². The normalized spacial score (nSPS) is 30.6. The quantitative estimate of drug-likeness (QED) is 0.462. The molecule has 0 bridgehead atoms.